The normalized spacial score (nSPS) is 10.3. The molecule has 0 unspecified atom stereocenters. The van der Waals surface area contributed by atoms with Crippen molar-refractivity contribution in [1.82, 2.24) is 9.97 Å². The highest BCUT2D eigenvalue weighted by molar-refractivity contribution is 6.30. The number of nitrogens with two attached hydrogens (primary N) is 1. The number of methoxy groups -OCH3 is 1. The van der Waals surface area contributed by atoms with Crippen LogP contribution in [0.1, 0.15) is 10.5 Å². The molecule has 0 aliphatic carbocycles. The number of halogens is 2. The molecular formula is C12H9ClFN3O2. The minimum atomic E-state index is -0.781. The molecule has 98 valence electrons. The zero-order valence-corrected chi connectivity index (χ0v) is 10.6. The van der Waals surface area contributed by atoms with Crippen molar-refractivity contribution < 1.29 is 13.9 Å². The first-order valence-electron chi connectivity index (χ1n) is 5.20. The van der Waals surface area contributed by atoms with E-state index >= 15 is 0 Å². The maximum atomic E-state index is 12.9. The highest BCUT2D eigenvalue weighted by Gasteiger charge is 2.18. The number of carbonyl (C=O) groups excluding carboxylic acids is 1. The van der Waals surface area contributed by atoms with Gasteiger partial charge in [-0.25, -0.2) is 14.4 Å². The number of ether oxygens (including phenoxy) is 1. The summed E-state index contributed by atoms with van der Waals surface area (Å²) in [4.78, 5) is 19.3. The van der Waals surface area contributed by atoms with Crippen LogP contribution in [0.5, 0.6) is 5.88 Å². The number of primary amides is 1. The van der Waals surface area contributed by atoms with E-state index in [2.05, 4.69) is 9.97 Å². The fourth-order valence-corrected chi connectivity index (χ4v) is 1.71. The van der Waals surface area contributed by atoms with Gasteiger partial charge in [0.2, 0.25) is 0 Å². The molecule has 0 fully saturated rings. The number of aromatic nitrogens is 2. The van der Waals surface area contributed by atoms with E-state index in [4.69, 9.17) is 22.1 Å². The van der Waals surface area contributed by atoms with Crippen LogP contribution < -0.4 is 10.5 Å². The van der Waals surface area contributed by atoms with Crippen molar-refractivity contribution in [2.24, 2.45) is 5.73 Å². The first-order valence-corrected chi connectivity index (χ1v) is 5.58. The van der Waals surface area contributed by atoms with E-state index in [9.17, 15) is 9.18 Å². The third-order valence-corrected chi connectivity index (χ3v) is 2.61. The number of carbonyl (C=O) groups is 1. The number of nitrogens with zero attached hydrogens (tertiary/aromatic N) is 2. The number of benzene rings is 1. The molecule has 19 heavy (non-hydrogen) atoms. The van der Waals surface area contributed by atoms with E-state index in [1.807, 2.05) is 0 Å². The Morgan fingerprint density at radius 3 is 2.47 bits per heavy atom. The predicted molar refractivity (Wildman–Crippen MR) is 67.5 cm³/mol. The van der Waals surface area contributed by atoms with E-state index in [0.717, 1.165) is 0 Å². The second-order valence-electron chi connectivity index (χ2n) is 3.59. The van der Waals surface area contributed by atoms with Gasteiger partial charge in [-0.15, -0.1) is 0 Å². The van der Waals surface area contributed by atoms with Gasteiger partial charge in [0, 0.05) is 5.56 Å². The van der Waals surface area contributed by atoms with Gasteiger partial charge in [0.05, 0.1) is 7.11 Å². The molecule has 0 aliphatic heterocycles. The van der Waals surface area contributed by atoms with Crippen LogP contribution in [-0.4, -0.2) is 23.0 Å². The Bertz CT molecular complexity index is 632. The highest BCUT2D eigenvalue weighted by atomic mass is 35.5. The zero-order valence-electron chi connectivity index (χ0n) is 9.85. The lowest BCUT2D eigenvalue weighted by Gasteiger charge is -2.08. The quantitative estimate of drug-likeness (QED) is 0.934. The maximum absolute atomic E-state index is 12.9. The van der Waals surface area contributed by atoms with Crippen molar-refractivity contribution in [2.45, 2.75) is 0 Å². The van der Waals surface area contributed by atoms with E-state index < -0.39 is 11.7 Å². The fourth-order valence-electron chi connectivity index (χ4n) is 1.51. The van der Waals surface area contributed by atoms with Crippen molar-refractivity contribution >= 4 is 17.5 Å². The van der Waals surface area contributed by atoms with Gasteiger partial charge in [-0.2, -0.15) is 0 Å². The molecule has 2 rings (SSSR count). The van der Waals surface area contributed by atoms with Crippen LogP contribution >= 0.6 is 11.6 Å². The summed E-state index contributed by atoms with van der Waals surface area (Å²) in [7, 11) is 1.37. The van der Waals surface area contributed by atoms with Gasteiger partial charge in [-0.3, -0.25) is 4.79 Å². The van der Waals surface area contributed by atoms with Crippen LogP contribution in [0.2, 0.25) is 5.15 Å². The molecule has 2 N–H and O–H groups in total. The first kappa shape index (κ1) is 13.2. The van der Waals surface area contributed by atoms with E-state index in [-0.39, 0.29) is 22.4 Å². The third kappa shape index (κ3) is 2.63. The summed E-state index contributed by atoms with van der Waals surface area (Å²) in [5.41, 5.74) is 5.80. The van der Waals surface area contributed by atoms with Crippen molar-refractivity contribution in [3.63, 3.8) is 0 Å². The number of rotatable bonds is 3. The van der Waals surface area contributed by atoms with Gasteiger partial charge < -0.3 is 10.5 Å². The van der Waals surface area contributed by atoms with Gasteiger partial charge in [-0.05, 0) is 24.3 Å². The van der Waals surface area contributed by atoms with Gasteiger partial charge in [0.1, 0.15) is 11.5 Å². The molecule has 0 radical (unpaired) electrons. The van der Waals surface area contributed by atoms with Crippen LogP contribution in [-0.2, 0) is 0 Å². The smallest absolute Gasteiger partial charge is 0.269 e. The largest absolute Gasteiger partial charge is 0.479 e. The molecule has 1 heterocycles. The Morgan fingerprint density at radius 2 is 1.95 bits per heavy atom. The fraction of sp³-hybridized carbons (Fsp3) is 0.0833. The van der Waals surface area contributed by atoms with Crippen LogP contribution in [0, 0.1) is 5.82 Å². The topological polar surface area (TPSA) is 78.1 Å². The van der Waals surface area contributed by atoms with E-state index in [0.29, 0.717) is 5.56 Å². The summed E-state index contributed by atoms with van der Waals surface area (Å²) in [6.07, 6.45) is 0. The monoisotopic (exact) mass is 281 g/mol. The molecule has 7 heteroatoms. The average molecular weight is 282 g/mol. The number of hydrogen-bond acceptors (Lipinski definition) is 4. The van der Waals surface area contributed by atoms with Crippen LogP contribution in [0.4, 0.5) is 4.39 Å². The predicted octanol–water partition coefficient (Wildman–Crippen LogP) is 2.04. The lowest BCUT2D eigenvalue weighted by Crippen LogP contribution is -2.16. The molecule has 0 aliphatic rings. The minimum absolute atomic E-state index is 0.0611. The van der Waals surface area contributed by atoms with Gasteiger partial charge in [0.15, 0.2) is 10.8 Å². The molecule has 0 saturated carbocycles. The summed E-state index contributed by atoms with van der Waals surface area (Å²) in [5, 5.41) is -0.0674. The second-order valence-corrected chi connectivity index (χ2v) is 3.95. The average Bonchev–Trinajstić information content (AvgIpc) is 2.39. The third-order valence-electron chi connectivity index (χ3n) is 2.37. The Kier molecular flexibility index (Phi) is 3.62. The molecule has 0 spiro atoms. The summed E-state index contributed by atoms with van der Waals surface area (Å²) < 4.78 is 17.8. The molecule has 1 amide bonds. The van der Waals surface area contributed by atoms with E-state index in [1.54, 1.807) is 0 Å². The Morgan fingerprint density at radius 1 is 1.32 bits per heavy atom. The standard InChI is InChI=1S/C12H9ClFN3O2/c1-19-12-10(13)16-9(11(15)18)8(17-12)6-2-4-7(14)5-3-6/h2-5H,1H3,(H2,15,18). The molecule has 1 aromatic carbocycles. The molecule has 0 bridgehead atoms. The van der Waals surface area contributed by atoms with Crippen molar-refractivity contribution in [3.05, 3.63) is 40.9 Å². The first-order chi connectivity index (χ1) is 9.02. The van der Waals surface area contributed by atoms with Crippen LogP contribution in [0.25, 0.3) is 11.3 Å². The van der Waals surface area contributed by atoms with Crippen LogP contribution in [0.3, 0.4) is 0 Å². The van der Waals surface area contributed by atoms with Crippen LogP contribution in [0.15, 0.2) is 24.3 Å². The molecule has 1 aromatic heterocycles. The Hall–Kier alpha value is -2.21. The molecule has 0 saturated heterocycles. The second kappa shape index (κ2) is 5.19. The Labute approximate surface area is 113 Å². The van der Waals surface area contributed by atoms with Gasteiger partial charge in [-0.1, -0.05) is 11.6 Å². The SMILES string of the molecule is COc1nc(-c2ccc(F)cc2)c(C(N)=O)nc1Cl. The van der Waals surface area contributed by atoms with Gasteiger partial charge in [0.25, 0.3) is 11.8 Å². The number of amides is 1. The van der Waals surface area contributed by atoms with Crippen molar-refractivity contribution in [2.75, 3.05) is 7.11 Å². The lowest BCUT2D eigenvalue weighted by molar-refractivity contribution is 0.0996. The summed E-state index contributed by atoms with van der Waals surface area (Å²) in [6.45, 7) is 0. The maximum Gasteiger partial charge on any atom is 0.269 e. The molecule has 2 aromatic rings. The lowest BCUT2D eigenvalue weighted by atomic mass is 10.1. The molecule has 0 atom stereocenters. The van der Waals surface area contributed by atoms with Gasteiger partial charge >= 0.3 is 0 Å². The Balaban J connectivity index is 2.66. The summed E-state index contributed by atoms with van der Waals surface area (Å²) >= 11 is 5.79. The molecular weight excluding hydrogens is 273 g/mol. The zero-order chi connectivity index (χ0) is 14.0. The number of hydrogen-bond donors (Lipinski definition) is 1. The summed E-state index contributed by atoms with van der Waals surface area (Å²) in [6, 6.07) is 5.39. The minimum Gasteiger partial charge on any atom is -0.479 e. The van der Waals surface area contributed by atoms with Crippen molar-refractivity contribution in [3.8, 4) is 17.1 Å². The van der Waals surface area contributed by atoms with E-state index in [1.165, 1.54) is 31.4 Å². The molecule has 5 nitrogen and oxygen atoms in total. The summed E-state index contributed by atoms with van der Waals surface area (Å²) in [5.74, 6) is -1.12. The highest BCUT2D eigenvalue weighted by Crippen LogP contribution is 2.27. The van der Waals surface area contributed by atoms with Crippen molar-refractivity contribution in [1.29, 1.82) is 0 Å².